The van der Waals surface area contributed by atoms with Crippen molar-refractivity contribution in [3.63, 3.8) is 0 Å². The van der Waals surface area contributed by atoms with Gasteiger partial charge in [-0.15, -0.1) is 0 Å². The van der Waals surface area contributed by atoms with E-state index in [1.807, 2.05) is 0 Å². The van der Waals surface area contributed by atoms with Gasteiger partial charge in [0.05, 0.1) is 5.69 Å². The van der Waals surface area contributed by atoms with Gasteiger partial charge in [0, 0.05) is 12.6 Å². The fourth-order valence-corrected chi connectivity index (χ4v) is 1.71. The summed E-state index contributed by atoms with van der Waals surface area (Å²) in [7, 11) is 1.78. The van der Waals surface area contributed by atoms with E-state index in [1.165, 1.54) is 0 Å². The van der Waals surface area contributed by atoms with E-state index in [0.717, 1.165) is 17.7 Å². The molecule has 1 heterocycles. The van der Waals surface area contributed by atoms with E-state index in [-0.39, 0.29) is 0 Å². The first-order valence-corrected chi connectivity index (χ1v) is 5.18. The Kier molecular flexibility index (Phi) is 3.19. The van der Waals surface area contributed by atoms with Crippen LogP contribution in [-0.2, 0) is 13.5 Å². The molecule has 1 rings (SSSR count). The van der Waals surface area contributed by atoms with Crippen LogP contribution in [-0.4, -0.2) is 14.9 Å². The van der Waals surface area contributed by atoms with E-state index in [9.17, 15) is 5.11 Å². The third kappa shape index (κ3) is 2.08. The summed E-state index contributed by atoms with van der Waals surface area (Å²) < 4.78 is 1.56. The molecule has 0 aliphatic heterocycles. The van der Waals surface area contributed by atoms with E-state index in [2.05, 4.69) is 32.8 Å². The number of nitrogens with zero attached hydrogens (tertiary/aromatic N) is 2. The van der Waals surface area contributed by atoms with Crippen LogP contribution < -0.4 is 0 Å². The summed E-state index contributed by atoms with van der Waals surface area (Å²) in [6.45, 7) is 8.49. The molecule has 0 bridgehead atoms. The van der Waals surface area contributed by atoms with Gasteiger partial charge < -0.3 is 5.11 Å². The summed E-state index contributed by atoms with van der Waals surface area (Å²) in [5.74, 6) is 1.22. The molecule has 14 heavy (non-hydrogen) atoms. The average Bonchev–Trinajstić information content (AvgIpc) is 2.26. The molecule has 0 saturated heterocycles. The summed E-state index contributed by atoms with van der Waals surface area (Å²) >= 11 is 0. The van der Waals surface area contributed by atoms with Crippen molar-refractivity contribution < 1.29 is 5.11 Å². The molecule has 1 N–H and O–H groups in total. The maximum atomic E-state index is 9.80. The van der Waals surface area contributed by atoms with Gasteiger partial charge >= 0.3 is 0 Å². The quantitative estimate of drug-likeness (QED) is 0.806. The highest BCUT2D eigenvalue weighted by Gasteiger charge is 2.18. The molecule has 3 nitrogen and oxygen atoms in total. The molecule has 1 aromatic rings. The molecular weight excluding hydrogens is 176 g/mol. The lowest BCUT2D eigenvalue weighted by Crippen LogP contribution is -2.00. The zero-order valence-corrected chi connectivity index (χ0v) is 9.70. The van der Waals surface area contributed by atoms with Gasteiger partial charge in [-0.25, -0.2) is 4.68 Å². The van der Waals surface area contributed by atoms with Crippen molar-refractivity contribution in [2.45, 2.75) is 40.0 Å². The first kappa shape index (κ1) is 11.1. The van der Waals surface area contributed by atoms with Crippen molar-refractivity contribution in [3.8, 4) is 5.88 Å². The van der Waals surface area contributed by atoms with Crippen molar-refractivity contribution in [2.24, 2.45) is 13.0 Å². The minimum atomic E-state index is 0.315. The molecule has 0 amide bonds. The Morgan fingerprint density at radius 2 is 1.86 bits per heavy atom. The van der Waals surface area contributed by atoms with Gasteiger partial charge in [0.15, 0.2) is 0 Å². The second-order valence-corrected chi connectivity index (χ2v) is 4.56. The van der Waals surface area contributed by atoms with Crippen LogP contribution in [0.2, 0.25) is 0 Å². The predicted molar refractivity (Wildman–Crippen MR) is 57.5 cm³/mol. The first-order chi connectivity index (χ1) is 6.43. The third-order valence-electron chi connectivity index (χ3n) is 2.31. The molecule has 0 saturated carbocycles. The number of rotatable bonds is 3. The summed E-state index contributed by atoms with van der Waals surface area (Å²) in [5, 5.41) is 14.1. The smallest absolute Gasteiger partial charge is 0.212 e. The highest BCUT2D eigenvalue weighted by molar-refractivity contribution is 5.33. The molecule has 0 spiro atoms. The fraction of sp³-hybridized carbons (Fsp3) is 0.727. The van der Waals surface area contributed by atoms with Crippen LogP contribution in [0.15, 0.2) is 0 Å². The molecule has 0 fully saturated rings. The molecule has 0 radical (unpaired) electrons. The zero-order chi connectivity index (χ0) is 10.9. The largest absolute Gasteiger partial charge is 0.493 e. The standard InChI is InChI=1S/C11H20N2O/c1-7(2)6-9-10(8(3)4)11(14)13(5)12-9/h7-8,14H,6H2,1-5H3. The number of hydrogen-bond acceptors (Lipinski definition) is 2. The molecule has 0 aliphatic rings. The Balaban J connectivity index is 3.09. The van der Waals surface area contributed by atoms with Gasteiger partial charge in [0.25, 0.3) is 0 Å². The molecule has 0 aliphatic carbocycles. The van der Waals surface area contributed by atoms with Crippen LogP contribution in [0.5, 0.6) is 5.88 Å². The number of aromatic hydroxyl groups is 1. The van der Waals surface area contributed by atoms with Crippen LogP contribution in [0.1, 0.15) is 44.9 Å². The Morgan fingerprint density at radius 3 is 2.29 bits per heavy atom. The van der Waals surface area contributed by atoms with Gasteiger partial charge in [0.2, 0.25) is 5.88 Å². The molecule has 0 aromatic carbocycles. The van der Waals surface area contributed by atoms with E-state index < -0.39 is 0 Å². The minimum absolute atomic E-state index is 0.315. The van der Waals surface area contributed by atoms with E-state index >= 15 is 0 Å². The van der Waals surface area contributed by atoms with Gasteiger partial charge in [-0.2, -0.15) is 5.10 Å². The Morgan fingerprint density at radius 1 is 1.29 bits per heavy atom. The van der Waals surface area contributed by atoms with Gasteiger partial charge in [-0.3, -0.25) is 0 Å². The van der Waals surface area contributed by atoms with Crippen molar-refractivity contribution in [1.29, 1.82) is 0 Å². The number of aromatic nitrogens is 2. The van der Waals surface area contributed by atoms with E-state index in [0.29, 0.717) is 17.7 Å². The average molecular weight is 196 g/mol. The maximum absolute atomic E-state index is 9.80. The van der Waals surface area contributed by atoms with Crippen LogP contribution in [0, 0.1) is 5.92 Å². The Labute approximate surface area is 85.8 Å². The molecule has 3 heteroatoms. The molecule has 0 atom stereocenters. The lowest BCUT2D eigenvalue weighted by Gasteiger charge is -2.07. The Bertz CT molecular complexity index is 313. The Hall–Kier alpha value is -0.990. The highest BCUT2D eigenvalue weighted by Crippen LogP contribution is 2.29. The van der Waals surface area contributed by atoms with Gasteiger partial charge in [-0.1, -0.05) is 27.7 Å². The monoisotopic (exact) mass is 196 g/mol. The lowest BCUT2D eigenvalue weighted by molar-refractivity contribution is 0.412. The highest BCUT2D eigenvalue weighted by atomic mass is 16.3. The summed E-state index contributed by atoms with van der Waals surface area (Å²) in [6.07, 6.45) is 0.932. The molecule has 1 aromatic heterocycles. The summed E-state index contributed by atoms with van der Waals surface area (Å²) in [4.78, 5) is 0. The normalized spacial score (nSPS) is 11.6. The summed E-state index contributed by atoms with van der Waals surface area (Å²) in [5.41, 5.74) is 2.04. The third-order valence-corrected chi connectivity index (χ3v) is 2.31. The van der Waals surface area contributed by atoms with Crippen LogP contribution >= 0.6 is 0 Å². The number of hydrogen-bond donors (Lipinski definition) is 1. The zero-order valence-electron chi connectivity index (χ0n) is 9.70. The maximum Gasteiger partial charge on any atom is 0.212 e. The van der Waals surface area contributed by atoms with E-state index in [4.69, 9.17) is 0 Å². The fourth-order valence-electron chi connectivity index (χ4n) is 1.71. The van der Waals surface area contributed by atoms with Gasteiger partial charge in [0.1, 0.15) is 0 Å². The predicted octanol–water partition coefficient (Wildman–Crippen LogP) is 2.45. The second kappa shape index (κ2) is 4.03. The number of aryl methyl sites for hydroxylation is 1. The van der Waals surface area contributed by atoms with Crippen molar-refractivity contribution >= 4 is 0 Å². The van der Waals surface area contributed by atoms with Crippen LogP contribution in [0.25, 0.3) is 0 Å². The second-order valence-electron chi connectivity index (χ2n) is 4.56. The lowest BCUT2D eigenvalue weighted by atomic mass is 9.98. The van der Waals surface area contributed by atoms with Gasteiger partial charge in [-0.05, 0) is 18.3 Å². The van der Waals surface area contributed by atoms with E-state index in [1.54, 1.807) is 11.7 Å². The molecule has 80 valence electrons. The molecular formula is C11H20N2O. The van der Waals surface area contributed by atoms with Crippen molar-refractivity contribution in [2.75, 3.05) is 0 Å². The minimum Gasteiger partial charge on any atom is -0.493 e. The van der Waals surface area contributed by atoms with Crippen molar-refractivity contribution in [3.05, 3.63) is 11.3 Å². The SMILES string of the molecule is CC(C)Cc1nn(C)c(O)c1C(C)C. The summed E-state index contributed by atoms with van der Waals surface area (Å²) in [6, 6.07) is 0. The van der Waals surface area contributed by atoms with Crippen LogP contribution in [0.3, 0.4) is 0 Å². The topological polar surface area (TPSA) is 38.0 Å². The first-order valence-electron chi connectivity index (χ1n) is 5.18. The van der Waals surface area contributed by atoms with Crippen LogP contribution in [0.4, 0.5) is 0 Å². The van der Waals surface area contributed by atoms with Crippen molar-refractivity contribution in [1.82, 2.24) is 9.78 Å². The molecule has 0 unspecified atom stereocenters.